The Morgan fingerprint density at radius 3 is 2.57 bits per heavy atom. The van der Waals surface area contributed by atoms with Crippen molar-refractivity contribution in [2.75, 3.05) is 6.54 Å². The normalized spacial score (nSPS) is 26.6. The summed E-state index contributed by atoms with van der Waals surface area (Å²) in [7, 11) is 0. The summed E-state index contributed by atoms with van der Waals surface area (Å²) in [5.74, 6) is 1.44. The molecule has 21 heavy (non-hydrogen) atoms. The van der Waals surface area contributed by atoms with Crippen LogP contribution < -0.4 is 5.32 Å². The summed E-state index contributed by atoms with van der Waals surface area (Å²) in [5.41, 5.74) is 1.23. The molecule has 1 amide bonds. The van der Waals surface area contributed by atoms with Gasteiger partial charge in [-0.2, -0.15) is 0 Å². The maximum atomic E-state index is 13.0. The molecule has 0 aromatic heterocycles. The van der Waals surface area contributed by atoms with E-state index in [9.17, 15) is 4.79 Å². The van der Waals surface area contributed by atoms with Crippen LogP contribution in [0, 0.1) is 11.8 Å². The van der Waals surface area contributed by atoms with E-state index < -0.39 is 0 Å². The van der Waals surface area contributed by atoms with Gasteiger partial charge in [0, 0.05) is 12.6 Å². The lowest BCUT2D eigenvalue weighted by Crippen LogP contribution is -2.49. The third kappa shape index (κ3) is 3.29. The standard InChI is InChI=1S/C18H26N2O/c1-13-10-11-19-17(13)18(21)20(14(2)16-8-9-16)12-15-6-4-3-5-7-15/h3-7,13-14,16-17,19H,8-12H2,1-2H3. The topological polar surface area (TPSA) is 32.3 Å². The van der Waals surface area contributed by atoms with E-state index in [1.807, 2.05) is 6.07 Å². The van der Waals surface area contributed by atoms with Gasteiger partial charge in [0.25, 0.3) is 0 Å². The van der Waals surface area contributed by atoms with Gasteiger partial charge in [-0.25, -0.2) is 0 Å². The monoisotopic (exact) mass is 286 g/mol. The molecule has 1 aromatic carbocycles. The molecule has 114 valence electrons. The van der Waals surface area contributed by atoms with Crippen LogP contribution in [-0.2, 0) is 11.3 Å². The van der Waals surface area contributed by atoms with Crippen LogP contribution in [0.25, 0.3) is 0 Å². The van der Waals surface area contributed by atoms with Gasteiger partial charge in [-0.15, -0.1) is 0 Å². The van der Waals surface area contributed by atoms with Gasteiger partial charge in [0.05, 0.1) is 6.04 Å². The Labute approximate surface area is 127 Å². The lowest BCUT2D eigenvalue weighted by atomic mass is 10.0. The Morgan fingerprint density at radius 2 is 2.00 bits per heavy atom. The van der Waals surface area contributed by atoms with Gasteiger partial charge in [-0.05, 0) is 50.1 Å². The third-order valence-electron chi connectivity index (χ3n) is 5.07. The minimum Gasteiger partial charge on any atom is -0.334 e. The third-order valence-corrected chi connectivity index (χ3v) is 5.07. The van der Waals surface area contributed by atoms with Gasteiger partial charge in [0.2, 0.25) is 5.91 Å². The highest BCUT2D eigenvalue weighted by Crippen LogP contribution is 2.36. The molecule has 3 nitrogen and oxygen atoms in total. The number of benzene rings is 1. The zero-order chi connectivity index (χ0) is 14.8. The van der Waals surface area contributed by atoms with Crippen molar-refractivity contribution in [2.45, 2.75) is 51.7 Å². The Balaban J connectivity index is 1.76. The van der Waals surface area contributed by atoms with Crippen LogP contribution in [0.1, 0.15) is 38.7 Å². The van der Waals surface area contributed by atoms with E-state index >= 15 is 0 Å². The summed E-state index contributed by atoms with van der Waals surface area (Å²) in [6.07, 6.45) is 3.65. The first-order valence-corrected chi connectivity index (χ1v) is 8.24. The highest BCUT2D eigenvalue weighted by atomic mass is 16.2. The van der Waals surface area contributed by atoms with Gasteiger partial charge >= 0.3 is 0 Å². The lowest BCUT2D eigenvalue weighted by molar-refractivity contribution is -0.137. The van der Waals surface area contributed by atoms with Crippen molar-refractivity contribution < 1.29 is 4.79 Å². The van der Waals surface area contributed by atoms with Crippen molar-refractivity contribution in [3.63, 3.8) is 0 Å². The van der Waals surface area contributed by atoms with E-state index in [4.69, 9.17) is 0 Å². The maximum Gasteiger partial charge on any atom is 0.240 e. The molecule has 3 unspecified atom stereocenters. The average Bonchev–Trinajstić information content (AvgIpc) is 3.26. The van der Waals surface area contributed by atoms with Gasteiger partial charge in [0.1, 0.15) is 0 Å². The second-order valence-electron chi connectivity index (χ2n) is 6.73. The summed E-state index contributed by atoms with van der Waals surface area (Å²) >= 11 is 0. The van der Waals surface area contributed by atoms with Crippen molar-refractivity contribution in [3.8, 4) is 0 Å². The molecule has 1 heterocycles. The molecule has 3 rings (SSSR count). The SMILES string of the molecule is CC1CCNC1C(=O)N(Cc1ccccc1)C(C)C1CC1. The number of rotatable bonds is 5. The van der Waals surface area contributed by atoms with Crippen LogP contribution >= 0.6 is 0 Å². The zero-order valence-electron chi connectivity index (χ0n) is 13.1. The van der Waals surface area contributed by atoms with Crippen molar-refractivity contribution in [1.82, 2.24) is 10.2 Å². The summed E-state index contributed by atoms with van der Waals surface area (Å²) in [5, 5.41) is 3.40. The van der Waals surface area contributed by atoms with Crippen LogP contribution in [0.15, 0.2) is 30.3 Å². The van der Waals surface area contributed by atoms with Crippen LogP contribution in [-0.4, -0.2) is 29.4 Å². The second kappa shape index (κ2) is 6.18. The molecular weight excluding hydrogens is 260 g/mol. The molecule has 3 heteroatoms. The van der Waals surface area contributed by atoms with Gasteiger partial charge in [0.15, 0.2) is 0 Å². The highest BCUT2D eigenvalue weighted by Gasteiger charge is 2.39. The summed E-state index contributed by atoms with van der Waals surface area (Å²) in [4.78, 5) is 15.1. The Bertz CT molecular complexity index is 483. The molecule has 1 N–H and O–H groups in total. The minimum atomic E-state index is 0.00918. The van der Waals surface area contributed by atoms with Crippen LogP contribution in [0.4, 0.5) is 0 Å². The van der Waals surface area contributed by atoms with Crippen molar-refractivity contribution in [2.24, 2.45) is 11.8 Å². The van der Waals surface area contributed by atoms with Crippen LogP contribution in [0.3, 0.4) is 0 Å². The summed E-state index contributed by atoms with van der Waals surface area (Å²) in [6, 6.07) is 10.7. The molecule has 2 fully saturated rings. The van der Waals surface area contributed by atoms with Gasteiger partial charge in [-0.1, -0.05) is 37.3 Å². The molecule has 1 aliphatic carbocycles. The number of nitrogens with zero attached hydrogens (tertiary/aromatic N) is 1. The van der Waals surface area contributed by atoms with E-state index in [0.29, 0.717) is 23.8 Å². The number of carbonyl (C=O) groups is 1. The van der Waals surface area contributed by atoms with E-state index in [1.165, 1.54) is 18.4 Å². The quantitative estimate of drug-likeness (QED) is 0.902. The number of amides is 1. The Kier molecular flexibility index (Phi) is 4.29. The number of nitrogens with one attached hydrogen (secondary N) is 1. The number of carbonyl (C=O) groups excluding carboxylic acids is 1. The van der Waals surface area contributed by atoms with Gasteiger partial charge in [-0.3, -0.25) is 4.79 Å². The Morgan fingerprint density at radius 1 is 1.29 bits per heavy atom. The first kappa shape index (κ1) is 14.6. The molecule has 1 aliphatic heterocycles. The molecule has 0 bridgehead atoms. The highest BCUT2D eigenvalue weighted by molar-refractivity contribution is 5.83. The first-order valence-electron chi connectivity index (χ1n) is 8.24. The zero-order valence-corrected chi connectivity index (χ0v) is 13.1. The van der Waals surface area contributed by atoms with Crippen molar-refractivity contribution in [1.29, 1.82) is 0 Å². The van der Waals surface area contributed by atoms with Crippen LogP contribution in [0.5, 0.6) is 0 Å². The van der Waals surface area contributed by atoms with Crippen LogP contribution in [0.2, 0.25) is 0 Å². The number of hydrogen-bond donors (Lipinski definition) is 1. The summed E-state index contributed by atoms with van der Waals surface area (Å²) in [6.45, 7) is 6.11. The largest absolute Gasteiger partial charge is 0.334 e. The molecular formula is C18H26N2O. The van der Waals surface area contributed by atoms with E-state index in [-0.39, 0.29) is 6.04 Å². The summed E-state index contributed by atoms with van der Waals surface area (Å²) < 4.78 is 0. The maximum absolute atomic E-state index is 13.0. The molecule has 0 radical (unpaired) electrons. The average molecular weight is 286 g/mol. The fourth-order valence-electron chi connectivity index (χ4n) is 3.38. The van der Waals surface area contributed by atoms with E-state index in [1.54, 1.807) is 0 Å². The second-order valence-corrected chi connectivity index (χ2v) is 6.73. The predicted molar refractivity (Wildman–Crippen MR) is 84.7 cm³/mol. The minimum absolute atomic E-state index is 0.00918. The molecule has 1 aromatic rings. The fraction of sp³-hybridized carbons (Fsp3) is 0.611. The van der Waals surface area contributed by atoms with E-state index in [2.05, 4.69) is 48.3 Å². The smallest absolute Gasteiger partial charge is 0.240 e. The predicted octanol–water partition coefficient (Wildman–Crippen LogP) is 2.81. The molecule has 3 atom stereocenters. The van der Waals surface area contributed by atoms with Crippen molar-refractivity contribution in [3.05, 3.63) is 35.9 Å². The number of hydrogen-bond acceptors (Lipinski definition) is 2. The fourth-order valence-corrected chi connectivity index (χ4v) is 3.38. The molecule has 0 spiro atoms. The lowest BCUT2D eigenvalue weighted by Gasteiger charge is -2.33. The Hall–Kier alpha value is -1.35. The van der Waals surface area contributed by atoms with E-state index in [0.717, 1.165) is 19.5 Å². The molecule has 1 saturated heterocycles. The van der Waals surface area contributed by atoms with Gasteiger partial charge < -0.3 is 10.2 Å². The molecule has 2 aliphatic rings. The molecule has 1 saturated carbocycles. The van der Waals surface area contributed by atoms with Crippen molar-refractivity contribution >= 4 is 5.91 Å². The first-order chi connectivity index (χ1) is 10.2.